The van der Waals surface area contributed by atoms with E-state index in [-0.39, 0.29) is 17.0 Å². The van der Waals surface area contributed by atoms with Crippen molar-refractivity contribution in [1.82, 2.24) is 10.0 Å². The monoisotopic (exact) mass is 315 g/mol. The molecule has 0 heterocycles. The van der Waals surface area contributed by atoms with E-state index in [4.69, 9.17) is 5.11 Å². The van der Waals surface area contributed by atoms with Crippen LogP contribution in [0.1, 0.15) is 20.8 Å². The first kappa shape index (κ1) is 17.9. The zero-order chi connectivity index (χ0) is 15.9. The minimum Gasteiger partial charge on any atom is -0.392 e. The van der Waals surface area contributed by atoms with E-state index in [0.717, 1.165) is 12.2 Å². The van der Waals surface area contributed by atoms with Gasteiger partial charge in [0.25, 0.3) is 0 Å². The predicted molar refractivity (Wildman–Crippen MR) is 84.9 cm³/mol. The molecule has 0 saturated heterocycles. The Bertz CT molecular complexity index is 513. The Kier molecular flexibility index (Phi) is 7.10. The van der Waals surface area contributed by atoms with E-state index >= 15 is 0 Å². The van der Waals surface area contributed by atoms with Crippen LogP contribution in [0.5, 0.6) is 0 Å². The van der Waals surface area contributed by atoms with Gasteiger partial charge in [0, 0.05) is 31.4 Å². The van der Waals surface area contributed by atoms with Gasteiger partial charge in [-0.2, -0.15) is 0 Å². The van der Waals surface area contributed by atoms with Crippen LogP contribution < -0.4 is 15.4 Å². The summed E-state index contributed by atoms with van der Waals surface area (Å²) >= 11 is 0. The molecule has 1 rings (SSSR count). The molecule has 0 spiro atoms. The summed E-state index contributed by atoms with van der Waals surface area (Å²) in [4.78, 5) is 0.258. The average Bonchev–Trinajstić information content (AvgIpc) is 2.37. The summed E-state index contributed by atoms with van der Waals surface area (Å²) in [6.45, 7) is 7.27. The quantitative estimate of drug-likeness (QED) is 0.505. The molecular weight excluding hydrogens is 290 g/mol. The van der Waals surface area contributed by atoms with E-state index in [9.17, 15) is 8.42 Å². The van der Waals surface area contributed by atoms with Crippen molar-refractivity contribution in [3.63, 3.8) is 0 Å². The highest BCUT2D eigenvalue weighted by atomic mass is 32.2. The number of hydrogen-bond acceptors (Lipinski definition) is 5. The largest absolute Gasteiger partial charge is 0.392 e. The number of benzene rings is 1. The molecule has 0 amide bonds. The van der Waals surface area contributed by atoms with Crippen molar-refractivity contribution in [3.05, 3.63) is 24.3 Å². The van der Waals surface area contributed by atoms with Crippen molar-refractivity contribution < 1.29 is 13.5 Å². The Hall–Kier alpha value is -1.15. The van der Waals surface area contributed by atoms with Crippen molar-refractivity contribution in [2.75, 3.05) is 25.0 Å². The van der Waals surface area contributed by atoms with E-state index in [1.165, 1.54) is 0 Å². The van der Waals surface area contributed by atoms with Gasteiger partial charge in [-0.05, 0) is 45.0 Å². The summed E-state index contributed by atoms with van der Waals surface area (Å²) in [5, 5.41) is 15.4. The van der Waals surface area contributed by atoms with Crippen LogP contribution in [0.15, 0.2) is 29.2 Å². The second-order valence-electron chi connectivity index (χ2n) is 5.28. The lowest BCUT2D eigenvalue weighted by molar-refractivity contribution is 0.192. The fraction of sp³-hybridized carbons (Fsp3) is 0.571. The van der Waals surface area contributed by atoms with E-state index in [0.29, 0.717) is 13.1 Å². The Morgan fingerprint density at radius 1 is 1.10 bits per heavy atom. The molecule has 0 bridgehead atoms. The van der Waals surface area contributed by atoms with Crippen LogP contribution in [0, 0.1) is 0 Å². The number of hydrogen-bond donors (Lipinski definition) is 4. The lowest BCUT2D eigenvalue weighted by Gasteiger charge is -2.11. The number of anilines is 1. The highest BCUT2D eigenvalue weighted by Crippen LogP contribution is 2.14. The summed E-state index contributed by atoms with van der Waals surface area (Å²) in [6, 6.07) is 6.51. The maximum atomic E-state index is 12.0. The third kappa shape index (κ3) is 6.90. The molecule has 120 valence electrons. The van der Waals surface area contributed by atoms with E-state index < -0.39 is 10.0 Å². The topological polar surface area (TPSA) is 90.5 Å². The molecule has 0 aliphatic carbocycles. The smallest absolute Gasteiger partial charge is 0.240 e. The van der Waals surface area contributed by atoms with E-state index in [2.05, 4.69) is 15.4 Å². The second-order valence-corrected chi connectivity index (χ2v) is 6.99. The molecule has 6 nitrogen and oxygen atoms in total. The first-order valence-corrected chi connectivity index (χ1v) is 8.54. The van der Waals surface area contributed by atoms with Gasteiger partial charge in [0.05, 0.1) is 11.0 Å². The fourth-order valence-electron chi connectivity index (χ4n) is 1.74. The molecule has 0 aromatic heterocycles. The van der Waals surface area contributed by atoms with E-state index in [1.807, 2.05) is 0 Å². The molecule has 1 unspecified atom stereocenters. The molecule has 4 N–H and O–H groups in total. The number of aliphatic hydroxyl groups excluding tert-OH is 1. The van der Waals surface area contributed by atoms with Crippen LogP contribution >= 0.6 is 0 Å². The van der Waals surface area contributed by atoms with Crippen LogP contribution in [-0.4, -0.2) is 45.3 Å². The molecule has 0 saturated carbocycles. The predicted octanol–water partition coefficient (Wildman–Crippen LogP) is 0.756. The summed E-state index contributed by atoms with van der Waals surface area (Å²) in [5.74, 6) is 0. The van der Waals surface area contributed by atoms with Gasteiger partial charge < -0.3 is 15.7 Å². The molecule has 0 radical (unpaired) electrons. The minimum absolute atomic E-state index is 0.132. The molecular formula is C14H25N3O3S. The number of rotatable bonds is 9. The summed E-state index contributed by atoms with van der Waals surface area (Å²) in [6.07, 6.45) is -0.358. The van der Waals surface area contributed by atoms with Gasteiger partial charge in [0.1, 0.15) is 0 Å². The van der Waals surface area contributed by atoms with Gasteiger partial charge >= 0.3 is 0 Å². The maximum absolute atomic E-state index is 12.0. The van der Waals surface area contributed by atoms with E-state index in [1.54, 1.807) is 45.0 Å². The Morgan fingerprint density at radius 3 is 2.24 bits per heavy atom. The molecule has 0 fully saturated rings. The average molecular weight is 315 g/mol. The highest BCUT2D eigenvalue weighted by Gasteiger charge is 2.14. The second kappa shape index (κ2) is 8.33. The van der Waals surface area contributed by atoms with Crippen molar-refractivity contribution in [2.45, 2.75) is 37.8 Å². The lowest BCUT2D eigenvalue weighted by Crippen LogP contribution is -2.30. The summed E-state index contributed by atoms with van der Waals surface area (Å²) < 4.78 is 26.4. The van der Waals surface area contributed by atoms with Crippen molar-refractivity contribution in [1.29, 1.82) is 0 Å². The highest BCUT2D eigenvalue weighted by molar-refractivity contribution is 7.89. The van der Waals surface area contributed by atoms with Crippen molar-refractivity contribution in [2.24, 2.45) is 0 Å². The summed E-state index contributed by atoms with van der Waals surface area (Å²) in [5.41, 5.74) is 0.859. The van der Waals surface area contributed by atoms with Crippen molar-refractivity contribution >= 4 is 15.7 Å². The standard InChI is InChI=1S/C14H25N3O3S/c1-11(2)17-21(19,20)14-6-4-13(5-7-14)16-9-8-15-10-12(3)18/h4-7,11-12,15-18H,8-10H2,1-3H3. The van der Waals surface area contributed by atoms with Gasteiger partial charge in [-0.3, -0.25) is 0 Å². The summed E-state index contributed by atoms with van der Waals surface area (Å²) in [7, 11) is -3.43. The first-order chi connectivity index (χ1) is 9.81. The van der Waals surface area contributed by atoms with Gasteiger partial charge in [-0.1, -0.05) is 0 Å². The van der Waals surface area contributed by atoms with Crippen molar-refractivity contribution in [3.8, 4) is 0 Å². The molecule has 21 heavy (non-hydrogen) atoms. The maximum Gasteiger partial charge on any atom is 0.240 e. The minimum atomic E-state index is -3.43. The molecule has 1 aromatic carbocycles. The third-order valence-electron chi connectivity index (χ3n) is 2.63. The van der Waals surface area contributed by atoms with Gasteiger partial charge in [0.2, 0.25) is 10.0 Å². The zero-order valence-electron chi connectivity index (χ0n) is 12.8. The molecule has 1 aromatic rings. The lowest BCUT2D eigenvalue weighted by atomic mass is 10.3. The Balaban J connectivity index is 2.47. The number of aliphatic hydroxyl groups is 1. The Labute approximate surface area is 127 Å². The Morgan fingerprint density at radius 2 is 1.71 bits per heavy atom. The van der Waals surface area contributed by atoms with Gasteiger partial charge in [-0.15, -0.1) is 0 Å². The van der Waals surface area contributed by atoms with Gasteiger partial charge in [-0.25, -0.2) is 13.1 Å². The zero-order valence-corrected chi connectivity index (χ0v) is 13.6. The van der Waals surface area contributed by atoms with Crippen LogP contribution in [0.3, 0.4) is 0 Å². The normalized spacial score (nSPS) is 13.4. The molecule has 0 aliphatic rings. The molecule has 0 aliphatic heterocycles. The number of nitrogens with one attached hydrogen (secondary N) is 3. The fourth-order valence-corrected chi connectivity index (χ4v) is 2.99. The van der Waals surface area contributed by atoms with Gasteiger partial charge in [0.15, 0.2) is 0 Å². The van der Waals surface area contributed by atoms with Crippen LogP contribution in [0.25, 0.3) is 0 Å². The van der Waals surface area contributed by atoms with Crippen LogP contribution in [0.2, 0.25) is 0 Å². The first-order valence-electron chi connectivity index (χ1n) is 7.06. The van der Waals surface area contributed by atoms with Crippen LogP contribution in [0.4, 0.5) is 5.69 Å². The van der Waals surface area contributed by atoms with Crippen LogP contribution in [-0.2, 0) is 10.0 Å². The number of sulfonamides is 1. The SMILES string of the molecule is CC(O)CNCCNc1ccc(S(=O)(=O)NC(C)C)cc1. The third-order valence-corrected chi connectivity index (χ3v) is 4.30. The molecule has 7 heteroatoms. The molecule has 1 atom stereocenters.